The topological polar surface area (TPSA) is 64.3 Å². The van der Waals surface area contributed by atoms with Gasteiger partial charge in [-0.25, -0.2) is 0 Å². The monoisotopic (exact) mass is 276 g/mol. The third-order valence-electron chi connectivity index (χ3n) is 3.84. The Bertz CT molecular complexity index is 471. The molecule has 0 aliphatic heterocycles. The number of carbonyl (C=O) groups excluding carboxylic acids is 1. The molecule has 0 aromatic heterocycles. The first-order chi connectivity index (χ1) is 9.46. The zero-order valence-corrected chi connectivity index (χ0v) is 12.3. The summed E-state index contributed by atoms with van der Waals surface area (Å²) in [5.74, 6) is 0.699. The minimum atomic E-state index is 0.0576. The van der Waals surface area contributed by atoms with E-state index in [-0.39, 0.29) is 5.91 Å². The van der Waals surface area contributed by atoms with Gasteiger partial charge in [-0.2, -0.15) is 0 Å². The molecular formula is C16H24N2O2. The second-order valence-corrected chi connectivity index (χ2v) is 6.31. The first kappa shape index (κ1) is 14.7. The number of benzene rings is 1. The van der Waals surface area contributed by atoms with Crippen LogP contribution in [0.25, 0.3) is 0 Å². The Morgan fingerprint density at radius 3 is 2.85 bits per heavy atom. The van der Waals surface area contributed by atoms with Gasteiger partial charge in [-0.1, -0.05) is 26.0 Å². The van der Waals surface area contributed by atoms with Crippen molar-refractivity contribution in [1.82, 2.24) is 5.32 Å². The first-order valence-corrected chi connectivity index (χ1v) is 7.23. The molecule has 1 atom stereocenters. The van der Waals surface area contributed by atoms with Crippen LogP contribution < -0.4 is 15.8 Å². The molecule has 0 heterocycles. The lowest BCUT2D eigenvalue weighted by Gasteiger charge is -2.18. The molecule has 1 aliphatic rings. The summed E-state index contributed by atoms with van der Waals surface area (Å²) in [6, 6.07) is 7.64. The maximum atomic E-state index is 11.9. The second-order valence-electron chi connectivity index (χ2n) is 6.31. The number of hydrogen-bond donors (Lipinski definition) is 2. The predicted octanol–water partition coefficient (Wildman–Crippen LogP) is 2.73. The third-order valence-corrected chi connectivity index (χ3v) is 3.84. The van der Waals surface area contributed by atoms with Crippen molar-refractivity contribution in [3.63, 3.8) is 0 Å². The Balaban J connectivity index is 1.70. The van der Waals surface area contributed by atoms with Crippen LogP contribution in [0.1, 0.15) is 39.5 Å². The van der Waals surface area contributed by atoms with Crippen LogP contribution in [0.15, 0.2) is 24.3 Å². The molecule has 0 spiro atoms. The zero-order chi connectivity index (χ0) is 14.6. The van der Waals surface area contributed by atoms with Gasteiger partial charge in [0, 0.05) is 6.04 Å². The van der Waals surface area contributed by atoms with Gasteiger partial charge >= 0.3 is 0 Å². The number of nitrogens with one attached hydrogen (secondary N) is 1. The minimum Gasteiger partial charge on any atom is -0.491 e. The molecule has 1 aromatic rings. The van der Waals surface area contributed by atoms with Crippen molar-refractivity contribution in [2.75, 3.05) is 12.3 Å². The van der Waals surface area contributed by atoms with Gasteiger partial charge in [0.25, 0.3) is 0 Å². The quantitative estimate of drug-likeness (QED) is 0.813. The number of nitrogens with two attached hydrogens (primary N) is 1. The summed E-state index contributed by atoms with van der Waals surface area (Å²) >= 11 is 0. The molecule has 1 aromatic carbocycles. The van der Waals surface area contributed by atoms with Crippen LogP contribution in [0, 0.1) is 5.41 Å². The lowest BCUT2D eigenvalue weighted by atomic mass is 9.92. The maximum Gasteiger partial charge on any atom is 0.223 e. The molecule has 1 saturated carbocycles. The van der Waals surface area contributed by atoms with Crippen molar-refractivity contribution < 1.29 is 9.53 Å². The van der Waals surface area contributed by atoms with Crippen LogP contribution >= 0.6 is 0 Å². The molecule has 1 aliphatic carbocycles. The highest BCUT2D eigenvalue weighted by Crippen LogP contribution is 2.36. The van der Waals surface area contributed by atoms with Crippen molar-refractivity contribution in [1.29, 1.82) is 0 Å². The maximum absolute atomic E-state index is 11.9. The van der Waals surface area contributed by atoms with E-state index in [0.29, 0.717) is 35.9 Å². The van der Waals surface area contributed by atoms with E-state index in [1.165, 1.54) is 6.42 Å². The van der Waals surface area contributed by atoms with Gasteiger partial charge in [0.1, 0.15) is 5.75 Å². The van der Waals surface area contributed by atoms with Gasteiger partial charge in [-0.05, 0) is 36.8 Å². The van der Waals surface area contributed by atoms with Crippen molar-refractivity contribution in [3.05, 3.63) is 24.3 Å². The molecule has 110 valence electrons. The largest absolute Gasteiger partial charge is 0.491 e. The summed E-state index contributed by atoms with van der Waals surface area (Å²) < 4.78 is 5.53. The van der Waals surface area contributed by atoms with E-state index in [9.17, 15) is 4.79 Å². The zero-order valence-electron chi connectivity index (χ0n) is 12.3. The average molecular weight is 276 g/mol. The molecule has 1 amide bonds. The molecule has 1 unspecified atom stereocenters. The minimum absolute atomic E-state index is 0.0576. The lowest BCUT2D eigenvalue weighted by Crippen LogP contribution is -2.34. The van der Waals surface area contributed by atoms with Crippen LogP contribution in [-0.2, 0) is 4.79 Å². The van der Waals surface area contributed by atoms with E-state index < -0.39 is 0 Å². The molecule has 20 heavy (non-hydrogen) atoms. The SMILES string of the molecule is CC1(C)CCC(NC(=O)CCOc2ccccc2N)C1. The number of rotatable bonds is 5. The highest BCUT2D eigenvalue weighted by atomic mass is 16.5. The lowest BCUT2D eigenvalue weighted by molar-refractivity contribution is -0.122. The number of amides is 1. The summed E-state index contributed by atoms with van der Waals surface area (Å²) in [6.45, 7) is 4.86. The van der Waals surface area contributed by atoms with E-state index in [1.54, 1.807) is 6.07 Å². The molecule has 2 rings (SSSR count). The number of hydrogen-bond acceptors (Lipinski definition) is 3. The van der Waals surface area contributed by atoms with Gasteiger partial charge < -0.3 is 15.8 Å². The Labute approximate surface area is 120 Å². The molecule has 4 nitrogen and oxygen atoms in total. The van der Waals surface area contributed by atoms with E-state index in [2.05, 4.69) is 19.2 Å². The smallest absolute Gasteiger partial charge is 0.223 e. The summed E-state index contributed by atoms with van der Waals surface area (Å²) in [4.78, 5) is 11.9. The summed E-state index contributed by atoms with van der Waals surface area (Å²) in [7, 11) is 0. The molecule has 4 heteroatoms. The summed E-state index contributed by atoms with van der Waals surface area (Å²) in [5, 5.41) is 3.09. The Morgan fingerprint density at radius 1 is 1.45 bits per heavy atom. The van der Waals surface area contributed by atoms with Gasteiger partial charge in [0.05, 0.1) is 18.7 Å². The Hall–Kier alpha value is -1.71. The first-order valence-electron chi connectivity index (χ1n) is 7.23. The van der Waals surface area contributed by atoms with Crippen LogP contribution in [0.3, 0.4) is 0 Å². The number of nitrogen functional groups attached to an aromatic ring is 1. The fraction of sp³-hybridized carbons (Fsp3) is 0.562. The Morgan fingerprint density at radius 2 is 2.20 bits per heavy atom. The van der Waals surface area contributed by atoms with E-state index >= 15 is 0 Å². The van der Waals surface area contributed by atoms with E-state index in [4.69, 9.17) is 10.5 Å². The van der Waals surface area contributed by atoms with Gasteiger partial charge in [0.15, 0.2) is 0 Å². The van der Waals surface area contributed by atoms with Crippen molar-refractivity contribution >= 4 is 11.6 Å². The van der Waals surface area contributed by atoms with Crippen LogP contribution in [0.2, 0.25) is 0 Å². The van der Waals surface area contributed by atoms with E-state index in [0.717, 1.165) is 12.8 Å². The van der Waals surface area contributed by atoms with Crippen LogP contribution in [0.5, 0.6) is 5.75 Å². The van der Waals surface area contributed by atoms with Crippen molar-refractivity contribution in [3.8, 4) is 5.75 Å². The van der Waals surface area contributed by atoms with Crippen molar-refractivity contribution in [2.24, 2.45) is 5.41 Å². The standard InChI is InChI=1S/C16H24N2O2/c1-16(2)9-7-12(11-16)18-15(19)8-10-20-14-6-4-3-5-13(14)17/h3-6,12H,7-11,17H2,1-2H3,(H,18,19). The molecule has 0 bridgehead atoms. The third kappa shape index (κ3) is 4.15. The molecule has 0 saturated heterocycles. The average Bonchev–Trinajstić information content (AvgIpc) is 2.71. The van der Waals surface area contributed by atoms with Gasteiger partial charge in [-0.15, -0.1) is 0 Å². The number of para-hydroxylation sites is 2. The number of carbonyl (C=O) groups is 1. The highest BCUT2D eigenvalue weighted by Gasteiger charge is 2.31. The van der Waals surface area contributed by atoms with E-state index in [1.807, 2.05) is 18.2 Å². The number of anilines is 1. The normalized spacial score (nSPS) is 20.6. The van der Waals surface area contributed by atoms with Crippen molar-refractivity contribution in [2.45, 2.75) is 45.6 Å². The molecular weight excluding hydrogens is 252 g/mol. The summed E-state index contributed by atoms with van der Waals surface area (Å²) in [6.07, 6.45) is 3.68. The second kappa shape index (κ2) is 6.16. The van der Waals surface area contributed by atoms with Gasteiger partial charge in [-0.3, -0.25) is 4.79 Å². The number of ether oxygens (including phenoxy) is 1. The van der Waals surface area contributed by atoms with Crippen LogP contribution in [-0.4, -0.2) is 18.6 Å². The highest BCUT2D eigenvalue weighted by molar-refractivity contribution is 5.76. The van der Waals surface area contributed by atoms with Crippen LogP contribution in [0.4, 0.5) is 5.69 Å². The predicted molar refractivity (Wildman–Crippen MR) is 80.5 cm³/mol. The molecule has 3 N–H and O–H groups in total. The van der Waals surface area contributed by atoms with Gasteiger partial charge in [0.2, 0.25) is 5.91 Å². The Kier molecular flexibility index (Phi) is 4.53. The molecule has 1 fully saturated rings. The molecule has 0 radical (unpaired) electrons. The fourth-order valence-corrected chi connectivity index (χ4v) is 2.72. The fourth-order valence-electron chi connectivity index (χ4n) is 2.72. The summed E-state index contributed by atoms with van der Waals surface area (Å²) in [5.41, 5.74) is 6.73.